The van der Waals surface area contributed by atoms with Gasteiger partial charge in [-0.15, -0.1) is 11.8 Å². The summed E-state index contributed by atoms with van der Waals surface area (Å²) in [4.78, 5) is 27.7. The van der Waals surface area contributed by atoms with Crippen LogP contribution < -0.4 is 20.2 Å². The molecular weight excluding hydrogens is 376 g/mol. The van der Waals surface area contributed by atoms with E-state index in [0.717, 1.165) is 17.1 Å². The van der Waals surface area contributed by atoms with Gasteiger partial charge in [-0.2, -0.15) is 0 Å². The van der Waals surface area contributed by atoms with Crippen LogP contribution in [0.15, 0.2) is 53.3 Å². The van der Waals surface area contributed by atoms with Crippen molar-refractivity contribution in [1.82, 2.24) is 4.98 Å². The van der Waals surface area contributed by atoms with Gasteiger partial charge in [0, 0.05) is 28.6 Å². The number of carbonyl (C=O) groups excluding carboxylic acids is 1. The minimum absolute atomic E-state index is 0.0675. The molecule has 0 bridgehead atoms. The third-order valence-electron chi connectivity index (χ3n) is 4.04. The van der Waals surface area contributed by atoms with Crippen LogP contribution in [-0.2, 0) is 10.5 Å². The average Bonchev–Trinajstić information content (AvgIpc) is 2.69. The van der Waals surface area contributed by atoms with Crippen LogP contribution in [0.5, 0.6) is 11.5 Å². The number of fused-ring (bicyclic) bond motifs is 1. The van der Waals surface area contributed by atoms with E-state index >= 15 is 0 Å². The molecule has 7 heteroatoms. The van der Waals surface area contributed by atoms with Gasteiger partial charge in [-0.05, 0) is 43.3 Å². The number of benzene rings is 2. The number of methoxy groups -OCH3 is 1. The van der Waals surface area contributed by atoms with Gasteiger partial charge in [0.05, 0.1) is 25.0 Å². The number of anilines is 1. The quantitative estimate of drug-likeness (QED) is 0.603. The highest BCUT2D eigenvalue weighted by atomic mass is 32.2. The molecule has 146 valence electrons. The van der Waals surface area contributed by atoms with Gasteiger partial charge < -0.3 is 19.8 Å². The van der Waals surface area contributed by atoms with E-state index in [-0.39, 0.29) is 17.1 Å². The van der Waals surface area contributed by atoms with E-state index < -0.39 is 0 Å². The zero-order valence-electron chi connectivity index (χ0n) is 15.8. The fourth-order valence-electron chi connectivity index (χ4n) is 2.80. The number of thioether (sulfide) groups is 1. The predicted octanol–water partition coefficient (Wildman–Crippen LogP) is 3.81. The molecule has 1 amide bonds. The molecule has 1 aromatic heterocycles. The van der Waals surface area contributed by atoms with E-state index in [2.05, 4.69) is 10.3 Å². The van der Waals surface area contributed by atoms with Crippen LogP contribution in [0.25, 0.3) is 10.9 Å². The highest BCUT2D eigenvalue weighted by molar-refractivity contribution is 7.99. The summed E-state index contributed by atoms with van der Waals surface area (Å²) in [5.41, 5.74) is 2.08. The van der Waals surface area contributed by atoms with Gasteiger partial charge in [0.15, 0.2) is 5.43 Å². The smallest absolute Gasteiger partial charge is 0.234 e. The molecular formula is C21H22N2O4S. The first-order chi connectivity index (χ1) is 13.6. The lowest BCUT2D eigenvalue weighted by atomic mass is 10.2. The van der Waals surface area contributed by atoms with Crippen LogP contribution in [0.1, 0.15) is 12.6 Å². The van der Waals surface area contributed by atoms with Crippen molar-refractivity contribution in [2.24, 2.45) is 0 Å². The number of H-pyrrole nitrogens is 1. The number of hydrogen-bond acceptors (Lipinski definition) is 5. The summed E-state index contributed by atoms with van der Waals surface area (Å²) in [5, 5.41) is 3.43. The molecule has 2 aromatic carbocycles. The first kappa shape index (κ1) is 19.8. The Balaban J connectivity index is 1.58. The van der Waals surface area contributed by atoms with Gasteiger partial charge >= 0.3 is 0 Å². The van der Waals surface area contributed by atoms with Gasteiger partial charge in [-0.25, -0.2) is 0 Å². The third-order valence-corrected chi connectivity index (χ3v) is 5.02. The highest BCUT2D eigenvalue weighted by Gasteiger charge is 2.08. The molecule has 0 radical (unpaired) electrons. The van der Waals surface area contributed by atoms with E-state index in [1.807, 2.05) is 19.1 Å². The maximum atomic E-state index is 12.3. The zero-order chi connectivity index (χ0) is 19.9. The molecule has 2 N–H and O–H groups in total. The third kappa shape index (κ3) is 4.86. The van der Waals surface area contributed by atoms with Crippen LogP contribution in [0.4, 0.5) is 5.69 Å². The van der Waals surface area contributed by atoms with Gasteiger partial charge in [-0.3, -0.25) is 9.59 Å². The lowest BCUT2D eigenvalue weighted by molar-refractivity contribution is -0.113. The molecule has 3 aromatic rings. The number of ether oxygens (including phenoxy) is 2. The van der Waals surface area contributed by atoms with Crippen molar-refractivity contribution >= 4 is 34.3 Å². The molecule has 3 rings (SSSR count). The second kappa shape index (κ2) is 9.32. The largest absolute Gasteiger partial charge is 0.495 e. The number of hydrogen-bond donors (Lipinski definition) is 2. The van der Waals surface area contributed by atoms with Crippen molar-refractivity contribution in [3.63, 3.8) is 0 Å². The maximum absolute atomic E-state index is 12.3. The van der Waals surface area contributed by atoms with Crippen LogP contribution in [0, 0.1) is 0 Å². The van der Waals surface area contributed by atoms with Crippen LogP contribution in [0.2, 0.25) is 0 Å². The Morgan fingerprint density at radius 1 is 1.18 bits per heavy atom. The summed E-state index contributed by atoms with van der Waals surface area (Å²) in [7, 11) is 1.57. The number of nitrogens with one attached hydrogen (secondary N) is 2. The Labute approximate surface area is 167 Å². The summed E-state index contributed by atoms with van der Waals surface area (Å²) in [6, 6.07) is 14.2. The Hall–Kier alpha value is -2.93. The first-order valence-electron chi connectivity index (χ1n) is 8.90. The molecule has 0 spiro atoms. The number of carbonyl (C=O) groups is 1. The molecule has 0 aliphatic heterocycles. The number of rotatable bonds is 8. The van der Waals surface area contributed by atoms with Gasteiger partial charge in [-0.1, -0.05) is 6.07 Å². The van der Waals surface area contributed by atoms with Crippen LogP contribution >= 0.6 is 11.8 Å². The molecule has 0 saturated heterocycles. The van der Waals surface area contributed by atoms with Crippen molar-refractivity contribution < 1.29 is 14.3 Å². The minimum atomic E-state index is -0.102. The zero-order valence-corrected chi connectivity index (χ0v) is 16.6. The van der Waals surface area contributed by atoms with Crippen LogP contribution in [0.3, 0.4) is 0 Å². The van der Waals surface area contributed by atoms with Gasteiger partial charge in [0.25, 0.3) is 0 Å². The molecule has 1 heterocycles. The van der Waals surface area contributed by atoms with Gasteiger partial charge in [0.1, 0.15) is 11.5 Å². The topological polar surface area (TPSA) is 80.4 Å². The first-order valence-corrected chi connectivity index (χ1v) is 10.1. The number of pyridine rings is 1. The Kier molecular flexibility index (Phi) is 6.60. The summed E-state index contributed by atoms with van der Waals surface area (Å²) in [5.74, 6) is 2.08. The van der Waals surface area contributed by atoms with Crippen molar-refractivity contribution in [2.75, 3.05) is 24.8 Å². The maximum Gasteiger partial charge on any atom is 0.234 e. The second-order valence-corrected chi connectivity index (χ2v) is 7.03. The summed E-state index contributed by atoms with van der Waals surface area (Å²) in [6.07, 6.45) is 0. The standard InChI is InChI=1S/C21H22N2O4S/c1-3-27-16-9-7-14(8-10-16)22-20(25)13-28-12-15-11-18(24)17-5-4-6-19(26-2)21(17)23-15/h4-11H,3,12-13H2,1-2H3,(H,22,25)(H,23,24). The van der Waals surface area contributed by atoms with Gasteiger partial charge in [0.2, 0.25) is 5.91 Å². The van der Waals surface area contributed by atoms with E-state index in [1.54, 1.807) is 43.5 Å². The lowest BCUT2D eigenvalue weighted by Gasteiger charge is -2.09. The van der Waals surface area contributed by atoms with E-state index in [0.29, 0.717) is 29.0 Å². The van der Waals surface area contributed by atoms with Crippen molar-refractivity contribution in [3.05, 3.63) is 64.4 Å². The minimum Gasteiger partial charge on any atom is -0.495 e. The molecule has 0 fully saturated rings. The molecule has 0 aliphatic rings. The number of aromatic amines is 1. The summed E-state index contributed by atoms with van der Waals surface area (Å²) < 4.78 is 10.7. The second-order valence-electron chi connectivity index (χ2n) is 6.04. The molecule has 0 atom stereocenters. The molecule has 0 saturated carbocycles. The Morgan fingerprint density at radius 3 is 2.68 bits per heavy atom. The average molecular weight is 398 g/mol. The van der Waals surface area contributed by atoms with Crippen molar-refractivity contribution in [2.45, 2.75) is 12.7 Å². The van der Waals surface area contributed by atoms with Crippen LogP contribution in [-0.4, -0.2) is 30.4 Å². The molecule has 0 unspecified atom stereocenters. The number of aromatic nitrogens is 1. The molecule has 6 nitrogen and oxygen atoms in total. The molecule has 0 aliphatic carbocycles. The fraction of sp³-hybridized carbons (Fsp3) is 0.238. The number of para-hydroxylation sites is 1. The van der Waals surface area contributed by atoms with E-state index in [1.165, 1.54) is 11.8 Å². The normalized spacial score (nSPS) is 10.6. The highest BCUT2D eigenvalue weighted by Crippen LogP contribution is 2.22. The number of amides is 1. The predicted molar refractivity (Wildman–Crippen MR) is 114 cm³/mol. The Morgan fingerprint density at radius 2 is 1.96 bits per heavy atom. The Bertz CT molecular complexity index is 1020. The summed E-state index contributed by atoms with van der Waals surface area (Å²) in [6.45, 7) is 2.52. The van der Waals surface area contributed by atoms with Crippen molar-refractivity contribution in [1.29, 1.82) is 0 Å². The van der Waals surface area contributed by atoms with E-state index in [4.69, 9.17) is 9.47 Å². The van der Waals surface area contributed by atoms with Crippen molar-refractivity contribution in [3.8, 4) is 11.5 Å². The summed E-state index contributed by atoms with van der Waals surface area (Å²) >= 11 is 1.43. The molecule has 28 heavy (non-hydrogen) atoms. The SMILES string of the molecule is CCOc1ccc(NC(=O)CSCc2cc(=O)c3cccc(OC)c3[nH]2)cc1. The van der Waals surface area contributed by atoms with E-state index in [9.17, 15) is 9.59 Å². The monoisotopic (exact) mass is 398 g/mol. The fourth-order valence-corrected chi connectivity index (χ4v) is 3.53. The lowest BCUT2D eigenvalue weighted by Crippen LogP contribution is -2.14.